The van der Waals surface area contributed by atoms with Gasteiger partial charge in [-0.25, -0.2) is 9.78 Å². The number of nitrogens with zero attached hydrogens (tertiary/aromatic N) is 3. The molecule has 0 unspecified atom stereocenters. The van der Waals surface area contributed by atoms with Crippen LogP contribution >= 0.6 is 0 Å². The maximum atomic E-state index is 13.3. The summed E-state index contributed by atoms with van der Waals surface area (Å²) in [5.74, 6) is -0.431. The van der Waals surface area contributed by atoms with E-state index in [0.717, 1.165) is 12.1 Å². The topological polar surface area (TPSA) is 95.0 Å². The Kier molecular flexibility index (Phi) is 8.80. The molecule has 8 nitrogen and oxygen atoms in total. The van der Waals surface area contributed by atoms with Crippen LogP contribution in [0.3, 0.4) is 0 Å². The number of urea groups is 1. The summed E-state index contributed by atoms with van der Waals surface area (Å²) in [7, 11) is 1.54. The second kappa shape index (κ2) is 11.6. The van der Waals surface area contributed by atoms with Gasteiger partial charge in [0.1, 0.15) is 11.7 Å². The number of aliphatic hydroxyl groups excluding tert-OH is 1. The lowest BCUT2D eigenvalue weighted by molar-refractivity contribution is -0.137. The van der Waals surface area contributed by atoms with Crippen molar-refractivity contribution in [1.29, 1.82) is 0 Å². The Bertz CT molecular complexity index is 1140. The molecular weight excluding hydrogens is 489 g/mol. The molecule has 0 bridgehead atoms. The zero-order valence-corrected chi connectivity index (χ0v) is 21.1. The fourth-order valence-electron chi connectivity index (χ4n) is 3.93. The smallest absolute Gasteiger partial charge is 0.416 e. The monoisotopic (exact) mass is 520 g/mol. The summed E-state index contributed by atoms with van der Waals surface area (Å²) in [6.45, 7) is 5.62. The molecule has 0 radical (unpaired) electrons. The zero-order valence-electron chi connectivity index (χ0n) is 21.1. The van der Waals surface area contributed by atoms with Gasteiger partial charge in [0, 0.05) is 31.4 Å². The van der Waals surface area contributed by atoms with Crippen molar-refractivity contribution >= 4 is 23.7 Å². The van der Waals surface area contributed by atoms with E-state index in [9.17, 15) is 27.9 Å². The predicted molar refractivity (Wildman–Crippen MR) is 133 cm³/mol. The Balaban J connectivity index is 1.81. The number of anilines is 1. The number of pyridine rings is 1. The number of hydrogen-bond donors (Lipinski definition) is 2. The Morgan fingerprint density at radius 3 is 2.62 bits per heavy atom. The van der Waals surface area contributed by atoms with Gasteiger partial charge in [-0.1, -0.05) is 19.1 Å². The standard InChI is InChI=1S/C26H31F3N4O4/c1-5-6-18-11-21-23(30-12-18)37-22(16(2)13-33(24(21)35)17(3)15-34)14-32(4)25(36)31-20-9-7-19(8-10-20)26(27,28)29/h5-12,16-17,22,34H,13-15H2,1-4H3,(H,31,36)/t16-,17+,22-/m0/s1. The number of allylic oxidation sites excluding steroid dienone is 1. The van der Waals surface area contributed by atoms with Gasteiger partial charge in [0.2, 0.25) is 5.88 Å². The van der Waals surface area contributed by atoms with E-state index in [1.807, 2.05) is 19.9 Å². The Morgan fingerprint density at radius 2 is 2.03 bits per heavy atom. The number of aliphatic hydroxyl groups is 1. The maximum Gasteiger partial charge on any atom is 0.416 e. The predicted octanol–water partition coefficient (Wildman–Crippen LogP) is 4.52. The van der Waals surface area contributed by atoms with Gasteiger partial charge in [0.25, 0.3) is 5.91 Å². The molecule has 2 aromatic rings. The van der Waals surface area contributed by atoms with Gasteiger partial charge in [-0.2, -0.15) is 13.2 Å². The van der Waals surface area contributed by atoms with Gasteiger partial charge in [-0.3, -0.25) is 4.79 Å². The molecule has 11 heteroatoms. The van der Waals surface area contributed by atoms with E-state index in [-0.39, 0.29) is 48.7 Å². The van der Waals surface area contributed by atoms with Crippen molar-refractivity contribution in [1.82, 2.24) is 14.8 Å². The van der Waals surface area contributed by atoms with E-state index in [2.05, 4.69) is 10.3 Å². The molecule has 0 fully saturated rings. The van der Waals surface area contributed by atoms with E-state index in [4.69, 9.17) is 4.74 Å². The van der Waals surface area contributed by atoms with Crippen LogP contribution in [0.4, 0.5) is 23.7 Å². The molecule has 1 aliphatic rings. The summed E-state index contributed by atoms with van der Waals surface area (Å²) in [5.41, 5.74) is 0.377. The highest BCUT2D eigenvalue weighted by atomic mass is 19.4. The van der Waals surface area contributed by atoms with Gasteiger partial charge in [-0.15, -0.1) is 0 Å². The van der Waals surface area contributed by atoms with Gasteiger partial charge < -0.3 is 25.0 Å². The molecule has 2 N–H and O–H groups in total. The molecule has 0 saturated carbocycles. The molecular formula is C26H31F3N4O4. The van der Waals surface area contributed by atoms with Gasteiger partial charge in [0.05, 0.1) is 24.8 Å². The molecule has 2 heterocycles. The molecule has 200 valence electrons. The molecule has 1 aromatic heterocycles. The number of benzene rings is 1. The first kappa shape index (κ1) is 28.0. The van der Waals surface area contributed by atoms with Crippen molar-refractivity contribution in [3.05, 3.63) is 59.3 Å². The molecule has 0 saturated heterocycles. The zero-order chi connectivity index (χ0) is 27.3. The number of carbonyl (C=O) groups is 2. The minimum atomic E-state index is -4.47. The van der Waals surface area contributed by atoms with Crippen LogP contribution in [0.5, 0.6) is 5.88 Å². The fourth-order valence-corrected chi connectivity index (χ4v) is 3.93. The lowest BCUT2D eigenvalue weighted by Gasteiger charge is -2.37. The highest BCUT2D eigenvalue weighted by molar-refractivity contribution is 5.97. The molecule has 1 aromatic carbocycles. The van der Waals surface area contributed by atoms with Crippen LogP contribution in [0.1, 0.15) is 42.3 Å². The number of amides is 3. The average molecular weight is 521 g/mol. The molecule has 37 heavy (non-hydrogen) atoms. The molecule has 0 spiro atoms. The van der Waals surface area contributed by atoms with Crippen LogP contribution in [0.15, 0.2) is 42.6 Å². The minimum absolute atomic E-state index is 0.112. The van der Waals surface area contributed by atoms with Gasteiger partial charge >= 0.3 is 12.2 Å². The summed E-state index contributed by atoms with van der Waals surface area (Å²) >= 11 is 0. The van der Waals surface area contributed by atoms with Crippen molar-refractivity contribution in [2.75, 3.05) is 32.1 Å². The number of fused-ring (bicyclic) bond motifs is 1. The third-order valence-corrected chi connectivity index (χ3v) is 6.17. The summed E-state index contributed by atoms with van der Waals surface area (Å²) < 4.78 is 44.6. The van der Waals surface area contributed by atoms with Crippen LogP contribution in [0, 0.1) is 5.92 Å². The first-order chi connectivity index (χ1) is 17.4. The first-order valence-corrected chi connectivity index (χ1v) is 11.8. The number of nitrogens with one attached hydrogen (secondary N) is 1. The number of alkyl halides is 3. The molecule has 0 aliphatic carbocycles. The Hall–Kier alpha value is -3.60. The molecule has 1 aliphatic heterocycles. The van der Waals surface area contributed by atoms with E-state index in [0.29, 0.717) is 5.56 Å². The third kappa shape index (κ3) is 6.79. The normalized spacial score (nSPS) is 19.0. The summed E-state index contributed by atoms with van der Waals surface area (Å²) in [6, 6.07) is 4.86. The number of aromatic nitrogens is 1. The SMILES string of the molecule is CC=Cc1cnc2c(c1)C(=O)N([C@H](C)CO)C[C@H](C)[C@H](CN(C)C(=O)Nc1ccc(C(F)(F)F)cc1)O2. The second-order valence-corrected chi connectivity index (χ2v) is 9.13. The van der Waals surface area contributed by atoms with E-state index >= 15 is 0 Å². The number of hydrogen-bond acceptors (Lipinski definition) is 5. The number of ether oxygens (including phenoxy) is 1. The second-order valence-electron chi connectivity index (χ2n) is 9.13. The van der Waals surface area contributed by atoms with Crippen LogP contribution in [0.25, 0.3) is 6.08 Å². The summed E-state index contributed by atoms with van der Waals surface area (Å²) in [6.07, 6.45) is 0.172. The largest absolute Gasteiger partial charge is 0.472 e. The van der Waals surface area contributed by atoms with Crippen molar-refractivity contribution in [3.8, 4) is 5.88 Å². The third-order valence-electron chi connectivity index (χ3n) is 6.17. The summed E-state index contributed by atoms with van der Waals surface area (Å²) in [4.78, 5) is 33.4. The number of halogens is 3. The van der Waals surface area contributed by atoms with Crippen LogP contribution in [-0.4, -0.2) is 70.7 Å². The Morgan fingerprint density at radius 1 is 1.35 bits per heavy atom. The van der Waals surface area contributed by atoms with E-state index in [1.165, 1.54) is 24.1 Å². The van der Waals surface area contributed by atoms with Gasteiger partial charge in [-0.05, 0) is 49.7 Å². The lowest BCUT2D eigenvalue weighted by Crippen LogP contribution is -2.50. The van der Waals surface area contributed by atoms with Crippen molar-refractivity contribution in [2.24, 2.45) is 5.92 Å². The van der Waals surface area contributed by atoms with Gasteiger partial charge in [0.15, 0.2) is 0 Å². The highest BCUT2D eigenvalue weighted by Crippen LogP contribution is 2.30. The maximum absolute atomic E-state index is 13.3. The molecule has 3 rings (SSSR count). The lowest BCUT2D eigenvalue weighted by atomic mass is 10.00. The van der Waals surface area contributed by atoms with E-state index < -0.39 is 29.9 Å². The summed E-state index contributed by atoms with van der Waals surface area (Å²) in [5, 5.41) is 12.3. The van der Waals surface area contributed by atoms with E-state index in [1.54, 1.807) is 30.2 Å². The first-order valence-electron chi connectivity index (χ1n) is 11.8. The van der Waals surface area contributed by atoms with Crippen LogP contribution in [-0.2, 0) is 6.18 Å². The quantitative estimate of drug-likeness (QED) is 0.584. The average Bonchev–Trinajstić information content (AvgIpc) is 2.85. The highest BCUT2D eigenvalue weighted by Gasteiger charge is 2.35. The number of carbonyl (C=O) groups excluding carboxylic acids is 2. The minimum Gasteiger partial charge on any atom is -0.472 e. The van der Waals surface area contributed by atoms with Crippen molar-refractivity contribution in [3.63, 3.8) is 0 Å². The van der Waals surface area contributed by atoms with Crippen molar-refractivity contribution < 1.29 is 32.6 Å². The number of likely N-dealkylation sites (N-methyl/N-ethyl adjacent to an activating group) is 1. The van der Waals surface area contributed by atoms with Crippen LogP contribution < -0.4 is 10.1 Å². The number of rotatable bonds is 6. The van der Waals surface area contributed by atoms with Crippen molar-refractivity contribution in [2.45, 2.75) is 39.1 Å². The Labute approximate surface area is 213 Å². The van der Waals surface area contributed by atoms with Crippen LogP contribution in [0.2, 0.25) is 0 Å². The fraction of sp³-hybridized carbons (Fsp3) is 0.423. The molecule has 3 amide bonds. The molecule has 3 atom stereocenters.